The normalized spacial score (nSPS) is 24.0. The predicted octanol–water partition coefficient (Wildman–Crippen LogP) is 2.65. The molecule has 1 heterocycles. The third-order valence-electron chi connectivity index (χ3n) is 1.98. The second kappa shape index (κ2) is 8.88. The molecule has 0 spiro atoms. The van der Waals surface area contributed by atoms with Crippen LogP contribution in [-0.2, 0) is 42.1 Å². The Balaban J connectivity index is 0. The molecular formula is C8H16N2W2-2. The van der Waals surface area contributed by atoms with Gasteiger partial charge in [-0.05, 0) is 0 Å². The molecule has 0 amide bonds. The van der Waals surface area contributed by atoms with Crippen molar-refractivity contribution in [3.8, 4) is 0 Å². The first kappa shape index (κ1) is 15.8. The molecule has 0 aromatic heterocycles. The van der Waals surface area contributed by atoms with E-state index in [1.54, 1.807) is 0 Å². The van der Waals surface area contributed by atoms with Gasteiger partial charge in [0, 0.05) is 42.1 Å². The third-order valence-corrected chi connectivity index (χ3v) is 1.98. The van der Waals surface area contributed by atoms with Crippen LogP contribution in [0, 0.1) is 0 Å². The van der Waals surface area contributed by atoms with E-state index in [1.165, 1.54) is 12.8 Å². The van der Waals surface area contributed by atoms with Gasteiger partial charge < -0.3 is 10.6 Å². The Hall–Kier alpha value is 1.30. The van der Waals surface area contributed by atoms with Gasteiger partial charge in [0.25, 0.3) is 0 Å². The van der Waals surface area contributed by atoms with E-state index in [0.717, 1.165) is 13.0 Å². The molecule has 12 heavy (non-hydrogen) atoms. The van der Waals surface area contributed by atoms with Crippen molar-refractivity contribution >= 4 is 0 Å². The molecule has 2 nitrogen and oxygen atoms in total. The van der Waals surface area contributed by atoms with Gasteiger partial charge in [-0.3, -0.25) is 0 Å². The smallest absolute Gasteiger partial charge is 0 e. The van der Waals surface area contributed by atoms with E-state index < -0.39 is 0 Å². The van der Waals surface area contributed by atoms with Crippen LogP contribution >= 0.6 is 0 Å². The average molecular weight is 508 g/mol. The summed E-state index contributed by atoms with van der Waals surface area (Å²) in [4.78, 5) is 0. The molecule has 2 atom stereocenters. The first-order chi connectivity index (χ1) is 4.83. The summed E-state index contributed by atoms with van der Waals surface area (Å²) in [5, 5.41) is 8.88. The van der Waals surface area contributed by atoms with E-state index in [9.17, 15) is 0 Å². The Morgan fingerprint density at radius 1 is 1.50 bits per heavy atom. The van der Waals surface area contributed by atoms with Gasteiger partial charge in [0.2, 0.25) is 0 Å². The zero-order valence-electron chi connectivity index (χ0n) is 7.69. The first-order valence-electron chi connectivity index (χ1n) is 4.19. The van der Waals surface area contributed by atoms with Gasteiger partial charge in [0.05, 0.1) is 0 Å². The van der Waals surface area contributed by atoms with Crippen molar-refractivity contribution < 1.29 is 42.1 Å². The molecule has 2 unspecified atom stereocenters. The fraction of sp³-hybridized carbons (Fsp3) is 1.00. The largest absolute Gasteiger partial charge is 0.678 e. The molecule has 0 N–H and O–H groups in total. The minimum absolute atomic E-state index is 0. The Morgan fingerprint density at radius 3 is 2.58 bits per heavy atom. The van der Waals surface area contributed by atoms with Gasteiger partial charge in [-0.1, -0.05) is 33.1 Å². The molecule has 1 aliphatic heterocycles. The maximum absolute atomic E-state index is 4.53. The van der Waals surface area contributed by atoms with E-state index in [2.05, 4.69) is 24.5 Å². The van der Waals surface area contributed by atoms with Crippen LogP contribution in [0.5, 0.6) is 0 Å². The number of hydrogen-bond acceptors (Lipinski definition) is 0. The Morgan fingerprint density at radius 2 is 2.17 bits per heavy atom. The zero-order valence-corrected chi connectivity index (χ0v) is 13.6. The van der Waals surface area contributed by atoms with Gasteiger partial charge in [0.1, 0.15) is 0 Å². The second-order valence-electron chi connectivity index (χ2n) is 2.94. The number of hydrogen-bond donors (Lipinski definition) is 0. The van der Waals surface area contributed by atoms with E-state index >= 15 is 0 Å². The minimum atomic E-state index is 0. The van der Waals surface area contributed by atoms with Crippen LogP contribution in [0.3, 0.4) is 0 Å². The Labute approximate surface area is 104 Å². The third kappa shape index (κ3) is 5.86. The molecule has 0 bridgehead atoms. The maximum atomic E-state index is 4.53. The van der Waals surface area contributed by atoms with Crippen LogP contribution in [0.4, 0.5) is 0 Å². The topological polar surface area (TPSA) is 28.2 Å². The zero-order chi connectivity index (χ0) is 7.40. The quantitative estimate of drug-likeness (QED) is 0.562. The van der Waals surface area contributed by atoms with Crippen molar-refractivity contribution in [1.82, 2.24) is 0 Å². The molecule has 72 valence electrons. The molecule has 1 saturated heterocycles. The minimum Gasteiger partial charge on any atom is -0.678 e. The predicted molar refractivity (Wildman–Crippen MR) is 44.4 cm³/mol. The first-order valence-corrected chi connectivity index (χ1v) is 4.19. The van der Waals surface area contributed by atoms with Crippen LogP contribution in [0.15, 0.2) is 0 Å². The van der Waals surface area contributed by atoms with E-state index in [4.69, 9.17) is 0 Å². The summed E-state index contributed by atoms with van der Waals surface area (Å²) in [6.45, 7) is 5.36. The number of nitrogens with zero attached hydrogens (tertiary/aromatic N) is 2. The molecule has 1 aliphatic rings. The summed E-state index contributed by atoms with van der Waals surface area (Å²) < 4.78 is 0. The summed E-state index contributed by atoms with van der Waals surface area (Å²) in [6.07, 6.45) is 3.91. The molecule has 1 rings (SSSR count). The van der Waals surface area contributed by atoms with Crippen molar-refractivity contribution in [1.29, 1.82) is 0 Å². The SMILES string of the molecule is CCC(C)[N-]C1CCC[N-]1.[W].[W]. The summed E-state index contributed by atoms with van der Waals surface area (Å²) in [7, 11) is 0. The molecule has 0 radical (unpaired) electrons. The monoisotopic (exact) mass is 508 g/mol. The van der Waals surface area contributed by atoms with Crippen molar-refractivity contribution in [2.45, 2.75) is 45.3 Å². The molecule has 1 fully saturated rings. The van der Waals surface area contributed by atoms with Gasteiger partial charge in [0.15, 0.2) is 0 Å². The van der Waals surface area contributed by atoms with Gasteiger partial charge in [-0.25, -0.2) is 6.17 Å². The van der Waals surface area contributed by atoms with E-state index in [1.807, 2.05) is 0 Å². The fourth-order valence-electron chi connectivity index (χ4n) is 1.13. The number of rotatable bonds is 3. The molecule has 4 heteroatoms. The summed E-state index contributed by atoms with van der Waals surface area (Å²) >= 11 is 0. The summed E-state index contributed by atoms with van der Waals surface area (Å²) in [5.41, 5.74) is 0. The van der Waals surface area contributed by atoms with Crippen LogP contribution in [0.1, 0.15) is 33.1 Å². The molecule has 0 aliphatic carbocycles. The average Bonchev–Trinajstić information content (AvgIpc) is 2.40. The van der Waals surface area contributed by atoms with Crippen molar-refractivity contribution in [2.75, 3.05) is 6.54 Å². The Kier molecular flexibility index (Phi) is 11.7. The van der Waals surface area contributed by atoms with Crippen molar-refractivity contribution in [2.24, 2.45) is 0 Å². The molecular weight excluding hydrogens is 492 g/mol. The fourth-order valence-corrected chi connectivity index (χ4v) is 1.13. The van der Waals surface area contributed by atoms with Crippen LogP contribution < -0.4 is 0 Å². The Bertz CT molecular complexity index is 95.1. The van der Waals surface area contributed by atoms with Crippen LogP contribution in [0.25, 0.3) is 10.6 Å². The van der Waals surface area contributed by atoms with Crippen LogP contribution in [0.2, 0.25) is 0 Å². The van der Waals surface area contributed by atoms with Gasteiger partial charge >= 0.3 is 0 Å². The second-order valence-corrected chi connectivity index (χ2v) is 2.94. The van der Waals surface area contributed by atoms with Crippen molar-refractivity contribution in [3.05, 3.63) is 10.6 Å². The maximum Gasteiger partial charge on any atom is 0 e. The van der Waals surface area contributed by atoms with Gasteiger partial charge in [-0.2, -0.15) is 6.54 Å². The molecule has 0 saturated carbocycles. The van der Waals surface area contributed by atoms with Crippen LogP contribution in [-0.4, -0.2) is 18.8 Å². The van der Waals surface area contributed by atoms with Crippen molar-refractivity contribution in [3.63, 3.8) is 0 Å². The molecule has 0 aromatic carbocycles. The molecule has 0 aromatic rings. The van der Waals surface area contributed by atoms with Gasteiger partial charge in [-0.15, -0.1) is 6.04 Å². The standard InChI is InChI=1S/C8H16N2.2W/c1-3-7(2)10-8-5-4-6-9-8;;/h7-8H,3-6H2,1-2H3;;/q-2;;. The van der Waals surface area contributed by atoms with E-state index in [-0.39, 0.29) is 42.1 Å². The summed E-state index contributed by atoms with van der Waals surface area (Å²) in [6, 6.07) is 0.506. The summed E-state index contributed by atoms with van der Waals surface area (Å²) in [5.74, 6) is 0. The van der Waals surface area contributed by atoms with E-state index in [0.29, 0.717) is 12.2 Å².